The van der Waals surface area contributed by atoms with Crippen LogP contribution in [0.2, 0.25) is 0 Å². The molecule has 7 nitrogen and oxygen atoms in total. The molecule has 4 rings (SSSR count). The number of nitrogens with zero attached hydrogens (tertiary/aromatic N) is 4. The highest BCUT2D eigenvalue weighted by atomic mass is 32.1. The van der Waals surface area contributed by atoms with Crippen molar-refractivity contribution in [2.24, 2.45) is 0 Å². The maximum absolute atomic E-state index is 12.2. The fourth-order valence-corrected chi connectivity index (χ4v) is 3.60. The minimum absolute atomic E-state index is 0.123. The molecule has 3 heterocycles. The van der Waals surface area contributed by atoms with Crippen LogP contribution in [0.4, 0.5) is 5.69 Å². The quantitative estimate of drug-likeness (QED) is 0.521. The van der Waals surface area contributed by atoms with Gasteiger partial charge in [-0.25, -0.2) is 4.68 Å². The number of hydrogen-bond acceptors (Lipinski definition) is 6. The molecule has 3 aromatic heterocycles. The molecular formula is C21H19N5O2S. The van der Waals surface area contributed by atoms with Gasteiger partial charge in [0.15, 0.2) is 5.82 Å². The summed E-state index contributed by atoms with van der Waals surface area (Å²) in [4.78, 5) is 12.9. The van der Waals surface area contributed by atoms with E-state index in [9.17, 15) is 4.79 Å². The van der Waals surface area contributed by atoms with Crippen LogP contribution < -0.4 is 10.1 Å². The molecule has 1 N–H and O–H groups in total. The molecule has 146 valence electrons. The predicted octanol–water partition coefficient (Wildman–Crippen LogP) is 4.69. The minimum atomic E-state index is -0.123. The molecule has 0 saturated heterocycles. The summed E-state index contributed by atoms with van der Waals surface area (Å²) >= 11 is 1.43. The highest BCUT2D eigenvalue weighted by Crippen LogP contribution is 2.23. The summed E-state index contributed by atoms with van der Waals surface area (Å²) in [6.45, 7) is 5.86. The number of rotatable bonds is 5. The monoisotopic (exact) mass is 405 g/mol. The SMILES string of the molecule is Cc1csc(C(=O)Nc2ccc(Oc3ccc(-n4nc(C)cc4C)nn3)cc2)c1. The second kappa shape index (κ2) is 7.84. The molecule has 0 aliphatic rings. The van der Waals surface area contributed by atoms with E-state index in [1.54, 1.807) is 41.1 Å². The van der Waals surface area contributed by atoms with Gasteiger partial charge in [-0.3, -0.25) is 4.79 Å². The third-order valence-electron chi connectivity index (χ3n) is 4.14. The first kappa shape index (κ1) is 18.8. The Balaban J connectivity index is 1.41. The van der Waals surface area contributed by atoms with Gasteiger partial charge in [0.25, 0.3) is 5.91 Å². The molecule has 0 atom stereocenters. The highest BCUT2D eigenvalue weighted by Gasteiger charge is 2.09. The summed E-state index contributed by atoms with van der Waals surface area (Å²) in [7, 11) is 0. The normalized spacial score (nSPS) is 10.7. The van der Waals surface area contributed by atoms with Crippen LogP contribution in [0.15, 0.2) is 53.9 Å². The van der Waals surface area contributed by atoms with E-state index in [4.69, 9.17) is 4.74 Å². The summed E-state index contributed by atoms with van der Waals surface area (Å²) in [5.74, 6) is 1.48. The molecule has 0 radical (unpaired) electrons. The van der Waals surface area contributed by atoms with Crippen LogP contribution in [0.5, 0.6) is 11.6 Å². The Morgan fingerprint density at radius 3 is 2.41 bits per heavy atom. The van der Waals surface area contributed by atoms with Gasteiger partial charge >= 0.3 is 0 Å². The molecule has 0 saturated carbocycles. The number of aromatic nitrogens is 4. The molecule has 1 amide bonds. The molecule has 29 heavy (non-hydrogen) atoms. The van der Waals surface area contributed by atoms with Crippen molar-refractivity contribution in [1.82, 2.24) is 20.0 Å². The molecule has 0 bridgehead atoms. The zero-order valence-electron chi connectivity index (χ0n) is 16.2. The zero-order chi connectivity index (χ0) is 20.4. The lowest BCUT2D eigenvalue weighted by Gasteiger charge is -2.07. The molecule has 4 aromatic rings. The van der Waals surface area contributed by atoms with Gasteiger partial charge in [0.2, 0.25) is 5.88 Å². The van der Waals surface area contributed by atoms with E-state index in [-0.39, 0.29) is 5.91 Å². The number of thiophene rings is 1. The number of anilines is 1. The lowest BCUT2D eigenvalue weighted by atomic mass is 10.3. The fourth-order valence-electron chi connectivity index (χ4n) is 2.81. The number of aryl methyl sites for hydroxylation is 3. The summed E-state index contributed by atoms with van der Waals surface area (Å²) in [5, 5.41) is 17.5. The van der Waals surface area contributed by atoms with Crippen molar-refractivity contribution in [2.75, 3.05) is 5.32 Å². The van der Waals surface area contributed by atoms with Gasteiger partial charge in [0.1, 0.15) is 5.75 Å². The molecule has 0 aliphatic carbocycles. The van der Waals surface area contributed by atoms with Crippen LogP contribution in [0.25, 0.3) is 5.82 Å². The number of nitrogens with one attached hydrogen (secondary N) is 1. The molecule has 8 heteroatoms. The maximum Gasteiger partial charge on any atom is 0.265 e. The van der Waals surface area contributed by atoms with Crippen LogP contribution in [0, 0.1) is 20.8 Å². The van der Waals surface area contributed by atoms with Gasteiger partial charge in [0, 0.05) is 17.4 Å². The maximum atomic E-state index is 12.2. The van der Waals surface area contributed by atoms with Crippen molar-refractivity contribution in [2.45, 2.75) is 20.8 Å². The molecule has 0 fully saturated rings. The van der Waals surface area contributed by atoms with E-state index < -0.39 is 0 Å². The summed E-state index contributed by atoms with van der Waals surface area (Å²) < 4.78 is 7.47. The summed E-state index contributed by atoms with van der Waals surface area (Å²) in [6, 6.07) is 14.5. The minimum Gasteiger partial charge on any atom is -0.438 e. The largest absolute Gasteiger partial charge is 0.438 e. The number of ether oxygens (including phenoxy) is 1. The van der Waals surface area contributed by atoms with E-state index in [0.29, 0.717) is 28.0 Å². The van der Waals surface area contributed by atoms with E-state index >= 15 is 0 Å². The second-order valence-electron chi connectivity index (χ2n) is 6.64. The van der Waals surface area contributed by atoms with Gasteiger partial charge < -0.3 is 10.1 Å². The van der Waals surface area contributed by atoms with Crippen LogP contribution >= 0.6 is 11.3 Å². The van der Waals surface area contributed by atoms with E-state index in [2.05, 4.69) is 20.6 Å². The highest BCUT2D eigenvalue weighted by molar-refractivity contribution is 7.12. The topological polar surface area (TPSA) is 81.9 Å². The van der Waals surface area contributed by atoms with Crippen LogP contribution in [-0.2, 0) is 0 Å². The zero-order valence-corrected chi connectivity index (χ0v) is 17.0. The molecule has 1 aromatic carbocycles. The van der Waals surface area contributed by atoms with Crippen LogP contribution in [0.3, 0.4) is 0 Å². The average molecular weight is 405 g/mol. The predicted molar refractivity (Wildman–Crippen MR) is 112 cm³/mol. The van der Waals surface area contributed by atoms with Crippen LogP contribution in [0.1, 0.15) is 26.6 Å². The Bertz CT molecular complexity index is 1150. The smallest absolute Gasteiger partial charge is 0.265 e. The Labute approximate surface area is 172 Å². The fraction of sp³-hybridized carbons (Fsp3) is 0.143. The van der Waals surface area contributed by atoms with E-state index in [1.165, 1.54) is 11.3 Å². The number of carbonyl (C=O) groups excluding carboxylic acids is 1. The number of amides is 1. The van der Waals surface area contributed by atoms with Crippen molar-refractivity contribution in [1.29, 1.82) is 0 Å². The Hall–Kier alpha value is -3.52. The van der Waals surface area contributed by atoms with Crippen molar-refractivity contribution in [3.05, 3.63) is 75.7 Å². The molecule has 0 aliphatic heterocycles. The number of benzene rings is 1. The van der Waals surface area contributed by atoms with E-state index in [1.807, 2.05) is 38.3 Å². The Kier molecular flexibility index (Phi) is 5.09. The van der Waals surface area contributed by atoms with Gasteiger partial charge in [-0.2, -0.15) is 5.10 Å². The lowest BCUT2D eigenvalue weighted by molar-refractivity contribution is 0.103. The third kappa shape index (κ3) is 4.33. The first-order valence-corrected chi connectivity index (χ1v) is 9.88. The van der Waals surface area contributed by atoms with Crippen molar-refractivity contribution < 1.29 is 9.53 Å². The molecule has 0 unspecified atom stereocenters. The second-order valence-corrected chi connectivity index (χ2v) is 7.55. The van der Waals surface area contributed by atoms with Gasteiger partial charge in [-0.1, -0.05) is 0 Å². The first-order chi connectivity index (χ1) is 14.0. The van der Waals surface area contributed by atoms with Gasteiger partial charge in [-0.15, -0.1) is 21.5 Å². The number of carbonyl (C=O) groups is 1. The standard InChI is InChI=1S/C21H19N5O2S/c1-13-10-18(29-12-13)21(27)22-16-4-6-17(7-5-16)28-20-9-8-19(23-24-20)26-15(3)11-14(2)25-26/h4-12H,1-3H3,(H,22,27). The summed E-state index contributed by atoms with van der Waals surface area (Å²) in [6.07, 6.45) is 0. The Morgan fingerprint density at radius 2 is 1.83 bits per heavy atom. The van der Waals surface area contributed by atoms with Gasteiger partial charge in [0.05, 0.1) is 10.6 Å². The average Bonchev–Trinajstić information content (AvgIpc) is 3.29. The van der Waals surface area contributed by atoms with Crippen molar-refractivity contribution in [3.63, 3.8) is 0 Å². The third-order valence-corrected chi connectivity index (χ3v) is 5.19. The molecular weight excluding hydrogens is 386 g/mol. The van der Waals surface area contributed by atoms with Crippen LogP contribution in [-0.4, -0.2) is 25.9 Å². The number of hydrogen-bond donors (Lipinski definition) is 1. The lowest BCUT2D eigenvalue weighted by Crippen LogP contribution is -2.09. The van der Waals surface area contributed by atoms with Crippen molar-refractivity contribution in [3.8, 4) is 17.4 Å². The summed E-state index contributed by atoms with van der Waals surface area (Å²) in [5.41, 5.74) is 3.68. The molecule has 0 spiro atoms. The Morgan fingerprint density at radius 1 is 1.03 bits per heavy atom. The van der Waals surface area contributed by atoms with Gasteiger partial charge in [-0.05, 0) is 74.2 Å². The van der Waals surface area contributed by atoms with E-state index in [0.717, 1.165) is 17.0 Å². The van der Waals surface area contributed by atoms with Crippen molar-refractivity contribution >= 4 is 22.9 Å². The first-order valence-electron chi connectivity index (χ1n) is 9.00.